The van der Waals surface area contributed by atoms with Crippen LogP contribution in [0.2, 0.25) is 0 Å². The summed E-state index contributed by atoms with van der Waals surface area (Å²) in [6, 6.07) is 0. The van der Waals surface area contributed by atoms with Gasteiger partial charge in [0.1, 0.15) is 11.1 Å². The molecule has 0 N–H and O–H groups in total. The zero-order valence-electron chi connectivity index (χ0n) is 11.5. The van der Waals surface area contributed by atoms with E-state index in [2.05, 4.69) is 12.6 Å². The van der Waals surface area contributed by atoms with Crippen LogP contribution in [-0.2, 0) is 4.74 Å². The van der Waals surface area contributed by atoms with Crippen LogP contribution in [0, 0.1) is 5.92 Å². The van der Waals surface area contributed by atoms with Crippen molar-refractivity contribution in [2.75, 3.05) is 13.7 Å². The van der Waals surface area contributed by atoms with Crippen molar-refractivity contribution in [2.45, 2.75) is 46.5 Å². The summed E-state index contributed by atoms with van der Waals surface area (Å²) in [5.41, 5.74) is 0.0579. The second-order valence-electron chi connectivity index (χ2n) is 4.49. The van der Waals surface area contributed by atoms with E-state index in [-0.39, 0.29) is 5.70 Å². The highest BCUT2D eigenvalue weighted by Gasteiger charge is 2.34. The molecule has 0 spiro atoms. The van der Waals surface area contributed by atoms with Crippen LogP contribution in [0.15, 0.2) is 10.6 Å². The van der Waals surface area contributed by atoms with Gasteiger partial charge in [0.05, 0.1) is 6.61 Å². The minimum Gasteiger partial charge on any atom is -0.358 e. The molecule has 18 heavy (non-hydrogen) atoms. The molecule has 0 aromatic rings. The number of nitrogens with zero attached hydrogens (tertiary/aromatic N) is 1. The molecule has 0 saturated heterocycles. The lowest BCUT2D eigenvalue weighted by molar-refractivity contribution is -0.0877. The van der Waals surface area contributed by atoms with Gasteiger partial charge in [-0.3, -0.25) is 0 Å². The summed E-state index contributed by atoms with van der Waals surface area (Å²) >= 11 is 3.52. The Bertz CT molecular complexity index is 292. The molecule has 108 valence electrons. The smallest absolute Gasteiger partial charge is 0.358 e. The Morgan fingerprint density at radius 1 is 1.33 bits per heavy atom. The van der Waals surface area contributed by atoms with Crippen molar-refractivity contribution in [3.8, 4) is 0 Å². The summed E-state index contributed by atoms with van der Waals surface area (Å²) in [5, 5.41) is 0. The predicted molar refractivity (Wildman–Crippen MR) is 70.4 cm³/mol. The predicted octanol–water partition coefficient (Wildman–Crippen LogP) is 4.05. The molecule has 0 bridgehead atoms. The number of ether oxygens (including phenoxy) is 1. The average Bonchev–Trinajstić information content (AvgIpc) is 2.31. The normalized spacial score (nSPS) is 17.2. The standard InChI is InChI=1S/C12H22F3NOS/c1-6-8(2)7-17-10(4)16(5)9(3)11(18)12(13,14)15/h8,10,18H,6-7H2,1-5H3/b11-9-. The molecule has 0 rings (SSSR count). The topological polar surface area (TPSA) is 12.5 Å². The Kier molecular flexibility index (Phi) is 7.14. The largest absolute Gasteiger partial charge is 0.423 e. The summed E-state index contributed by atoms with van der Waals surface area (Å²) < 4.78 is 43.0. The van der Waals surface area contributed by atoms with Gasteiger partial charge in [0.15, 0.2) is 0 Å². The lowest BCUT2D eigenvalue weighted by atomic mass is 10.1. The fourth-order valence-electron chi connectivity index (χ4n) is 1.18. The maximum Gasteiger partial charge on any atom is 0.423 e. The second-order valence-corrected chi connectivity index (χ2v) is 4.94. The first-order valence-corrected chi connectivity index (χ1v) is 6.37. The maximum absolute atomic E-state index is 12.5. The molecule has 0 radical (unpaired) electrons. The van der Waals surface area contributed by atoms with Crippen molar-refractivity contribution in [1.29, 1.82) is 0 Å². The Morgan fingerprint density at radius 3 is 2.22 bits per heavy atom. The summed E-state index contributed by atoms with van der Waals surface area (Å²) in [5.74, 6) is 0.392. The fraction of sp³-hybridized carbons (Fsp3) is 0.833. The number of allylic oxidation sites excluding steroid dienone is 2. The highest BCUT2D eigenvalue weighted by molar-refractivity contribution is 7.84. The zero-order chi connectivity index (χ0) is 14.5. The molecule has 2 atom stereocenters. The highest BCUT2D eigenvalue weighted by Crippen LogP contribution is 2.32. The first-order valence-electron chi connectivity index (χ1n) is 5.92. The Labute approximate surface area is 113 Å². The quantitative estimate of drug-likeness (QED) is 0.584. The van der Waals surface area contributed by atoms with Crippen LogP contribution in [0.1, 0.15) is 34.1 Å². The third-order valence-corrected chi connectivity index (χ3v) is 3.58. The third-order valence-electron chi connectivity index (χ3n) is 3.00. The summed E-state index contributed by atoms with van der Waals surface area (Å²) in [7, 11) is 1.57. The van der Waals surface area contributed by atoms with Crippen LogP contribution in [0.3, 0.4) is 0 Å². The van der Waals surface area contributed by atoms with E-state index >= 15 is 0 Å². The number of hydrogen-bond acceptors (Lipinski definition) is 3. The van der Waals surface area contributed by atoms with Gasteiger partial charge in [-0.15, -0.1) is 12.6 Å². The Morgan fingerprint density at radius 2 is 1.83 bits per heavy atom. The molecule has 0 fully saturated rings. The molecule has 6 heteroatoms. The summed E-state index contributed by atoms with van der Waals surface area (Å²) in [6.45, 7) is 7.73. The molecule has 0 aliphatic heterocycles. The van der Waals surface area contributed by atoms with Crippen LogP contribution < -0.4 is 0 Å². The van der Waals surface area contributed by atoms with Crippen molar-refractivity contribution < 1.29 is 17.9 Å². The molecule has 0 saturated carbocycles. The molecular formula is C12H22F3NOS. The van der Waals surface area contributed by atoms with E-state index in [1.807, 2.05) is 13.8 Å². The summed E-state index contributed by atoms with van der Waals surface area (Å²) in [4.78, 5) is 0.557. The average molecular weight is 285 g/mol. The first-order chi connectivity index (χ1) is 8.11. The minimum atomic E-state index is -4.42. The molecule has 0 aromatic heterocycles. The van der Waals surface area contributed by atoms with E-state index in [4.69, 9.17) is 4.74 Å². The van der Waals surface area contributed by atoms with Gasteiger partial charge >= 0.3 is 6.18 Å². The first kappa shape index (κ1) is 17.6. The van der Waals surface area contributed by atoms with Gasteiger partial charge in [0, 0.05) is 12.7 Å². The van der Waals surface area contributed by atoms with Crippen molar-refractivity contribution in [1.82, 2.24) is 4.90 Å². The van der Waals surface area contributed by atoms with Crippen molar-refractivity contribution in [3.05, 3.63) is 10.6 Å². The van der Waals surface area contributed by atoms with E-state index < -0.39 is 17.3 Å². The lowest BCUT2D eigenvalue weighted by Gasteiger charge is -2.29. The molecule has 2 unspecified atom stereocenters. The van der Waals surface area contributed by atoms with E-state index in [1.54, 1.807) is 14.0 Å². The van der Waals surface area contributed by atoms with E-state index in [9.17, 15) is 13.2 Å². The fourth-order valence-corrected chi connectivity index (χ4v) is 1.34. The third kappa shape index (κ3) is 5.52. The Hall–Kier alpha value is -0.360. The van der Waals surface area contributed by atoms with E-state index in [0.717, 1.165) is 6.42 Å². The Balaban J connectivity index is 4.59. The highest BCUT2D eigenvalue weighted by atomic mass is 32.1. The molecule has 0 aromatic carbocycles. The second kappa shape index (κ2) is 7.28. The zero-order valence-corrected chi connectivity index (χ0v) is 12.4. The van der Waals surface area contributed by atoms with Crippen molar-refractivity contribution in [2.24, 2.45) is 5.92 Å². The van der Waals surface area contributed by atoms with Crippen molar-refractivity contribution >= 4 is 12.6 Å². The van der Waals surface area contributed by atoms with E-state index in [1.165, 1.54) is 11.8 Å². The van der Waals surface area contributed by atoms with Crippen LogP contribution >= 0.6 is 12.6 Å². The van der Waals surface area contributed by atoms with Crippen LogP contribution in [0.4, 0.5) is 13.2 Å². The lowest BCUT2D eigenvalue weighted by Crippen LogP contribution is -2.33. The van der Waals surface area contributed by atoms with Crippen molar-refractivity contribution in [3.63, 3.8) is 0 Å². The molecule has 2 nitrogen and oxygen atoms in total. The number of alkyl halides is 3. The summed E-state index contributed by atoms with van der Waals surface area (Å²) in [6.07, 6.45) is -3.85. The minimum absolute atomic E-state index is 0.0579. The number of hydrogen-bond donors (Lipinski definition) is 1. The van der Waals surface area contributed by atoms with Gasteiger partial charge in [0.2, 0.25) is 0 Å². The van der Waals surface area contributed by atoms with Crippen LogP contribution in [-0.4, -0.2) is 31.0 Å². The number of thiol groups is 1. The van der Waals surface area contributed by atoms with Gasteiger partial charge in [0.25, 0.3) is 0 Å². The van der Waals surface area contributed by atoms with Crippen LogP contribution in [0.25, 0.3) is 0 Å². The molecule has 0 heterocycles. The molecule has 0 amide bonds. The number of rotatable bonds is 6. The van der Waals surface area contributed by atoms with E-state index in [0.29, 0.717) is 12.5 Å². The van der Waals surface area contributed by atoms with Crippen LogP contribution in [0.5, 0.6) is 0 Å². The van der Waals surface area contributed by atoms with Gasteiger partial charge < -0.3 is 9.64 Å². The van der Waals surface area contributed by atoms with Gasteiger partial charge in [-0.1, -0.05) is 20.3 Å². The molecular weight excluding hydrogens is 263 g/mol. The maximum atomic E-state index is 12.5. The molecule has 0 aliphatic carbocycles. The van der Waals surface area contributed by atoms with Gasteiger partial charge in [-0.05, 0) is 19.8 Å². The monoisotopic (exact) mass is 285 g/mol. The van der Waals surface area contributed by atoms with Gasteiger partial charge in [-0.25, -0.2) is 0 Å². The SMILES string of the molecule is CCC(C)COC(C)N(C)/C(C)=C(\S)C(F)(F)F. The molecule has 0 aliphatic rings. The van der Waals surface area contributed by atoms with Gasteiger partial charge in [-0.2, -0.15) is 13.2 Å². The number of halogens is 3.